The first-order valence-corrected chi connectivity index (χ1v) is 5.47. The molecular formula is C12H20BNO. The van der Waals surface area contributed by atoms with Crippen molar-refractivity contribution in [3.8, 4) is 0 Å². The Bertz CT molecular complexity index is 324. The first-order chi connectivity index (χ1) is 6.91. The highest BCUT2D eigenvalue weighted by Gasteiger charge is 2.10. The minimum absolute atomic E-state index is 0.506. The largest absolute Gasteiger partial charge is 0.433 e. The molecule has 0 amide bonds. The van der Waals surface area contributed by atoms with Gasteiger partial charge in [0.1, 0.15) is 0 Å². The summed E-state index contributed by atoms with van der Waals surface area (Å²) in [6, 6.07) is 4.18. The van der Waals surface area contributed by atoms with Gasteiger partial charge < -0.3 is 10.3 Å². The normalized spacial score (nSPS) is 10.6. The number of anilines is 1. The molecule has 1 aromatic carbocycles. The summed E-state index contributed by atoms with van der Waals surface area (Å²) in [5.41, 5.74) is 4.97. The maximum Gasteiger partial charge on any atom is 0.406 e. The van der Waals surface area contributed by atoms with Gasteiger partial charge in [-0.05, 0) is 55.4 Å². The van der Waals surface area contributed by atoms with Crippen LogP contribution in [-0.2, 0) is 0 Å². The molecule has 1 aromatic rings. The van der Waals surface area contributed by atoms with Gasteiger partial charge in [-0.3, -0.25) is 0 Å². The second kappa shape index (κ2) is 4.71. The van der Waals surface area contributed by atoms with E-state index in [1.54, 1.807) is 6.82 Å². The van der Waals surface area contributed by atoms with E-state index >= 15 is 0 Å². The monoisotopic (exact) mass is 205 g/mol. The highest BCUT2D eigenvalue weighted by atomic mass is 16.2. The second-order valence-electron chi connectivity index (χ2n) is 4.50. The van der Waals surface area contributed by atoms with Crippen LogP contribution in [0, 0.1) is 13.8 Å². The molecule has 1 rings (SSSR count). The Hall–Kier alpha value is -0.955. The van der Waals surface area contributed by atoms with Crippen LogP contribution in [0.1, 0.15) is 36.5 Å². The lowest BCUT2D eigenvalue weighted by atomic mass is 9.87. The van der Waals surface area contributed by atoms with Crippen molar-refractivity contribution in [1.82, 2.24) is 0 Å². The van der Waals surface area contributed by atoms with E-state index in [1.165, 1.54) is 16.7 Å². The van der Waals surface area contributed by atoms with Crippen molar-refractivity contribution < 1.29 is 5.02 Å². The highest BCUT2D eigenvalue weighted by molar-refractivity contribution is 6.52. The van der Waals surface area contributed by atoms with E-state index in [2.05, 4.69) is 45.1 Å². The summed E-state index contributed by atoms with van der Waals surface area (Å²) in [6.45, 7) is 10.4. The van der Waals surface area contributed by atoms with Crippen LogP contribution in [0.5, 0.6) is 0 Å². The molecular weight excluding hydrogens is 185 g/mol. The van der Waals surface area contributed by atoms with E-state index < -0.39 is 7.05 Å². The quantitative estimate of drug-likeness (QED) is 0.743. The van der Waals surface area contributed by atoms with Crippen LogP contribution in [-0.4, -0.2) is 12.1 Å². The van der Waals surface area contributed by atoms with E-state index in [1.807, 2.05) is 0 Å². The zero-order valence-corrected chi connectivity index (χ0v) is 10.3. The predicted octanol–water partition coefficient (Wildman–Crippen LogP) is 2.95. The highest BCUT2D eigenvalue weighted by Crippen LogP contribution is 2.26. The van der Waals surface area contributed by atoms with E-state index in [0.717, 1.165) is 5.69 Å². The molecule has 2 nitrogen and oxygen atoms in total. The van der Waals surface area contributed by atoms with Crippen LogP contribution in [0.15, 0.2) is 12.1 Å². The topological polar surface area (TPSA) is 32.3 Å². The molecule has 3 heteroatoms. The van der Waals surface area contributed by atoms with Crippen LogP contribution in [0.3, 0.4) is 0 Å². The molecule has 0 spiro atoms. The summed E-state index contributed by atoms with van der Waals surface area (Å²) in [6.07, 6.45) is 0. The molecule has 0 aliphatic rings. The fourth-order valence-corrected chi connectivity index (χ4v) is 2.21. The fourth-order valence-electron chi connectivity index (χ4n) is 2.21. The molecule has 0 fully saturated rings. The van der Waals surface area contributed by atoms with E-state index in [0.29, 0.717) is 5.92 Å². The van der Waals surface area contributed by atoms with Gasteiger partial charge >= 0.3 is 7.05 Å². The van der Waals surface area contributed by atoms with Crippen molar-refractivity contribution in [2.24, 2.45) is 0 Å². The molecule has 0 saturated heterocycles. The maximum atomic E-state index is 9.25. The maximum absolute atomic E-state index is 9.25. The lowest BCUT2D eigenvalue weighted by Crippen LogP contribution is -2.19. The zero-order valence-electron chi connectivity index (χ0n) is 10.3. The van der Waals surface area contributed by atoms with Crippen molar-refractivity contribution in [2.75, 3.05) is 5.23 Å². The summed E-state index contributed by atoms with van der Waals surface area (Å²) in [7, 11) is -0.506. The Morgan fingerprint density at radius 1 is 1.20 bits per heavy atom. The van der Waals surface area contributed by atoms with E-state index in [9.17, 15) is 5.02 Å². The summed E-state index contributed by atoms with van der Waals surface area (Å²) in [5, 5.41) is 12.3. The molecule has 2 N–H and O–H groups in total. The molecule has 0 aliphatic carbocycles. The van der Waals surface area contributed by atoms with Crippen LogP contribution in [0.4, 0.5) is 5.69 Å². The van der Waals surface area contributed by atoms with Crippen molar-refractivity contribution >= 4 is 12.7 Å². The first kappa shape index (κ1) is 12.1. The molecule has 0 radical (unpaired) electrons. The number of rotatable bonds is 3. The van der Waals surface area contributed by atoms with Crippen molar-refractivity contribution in [3.05, 3.63) is 28.8 Å². The number of hydrogen-bond donors (Lipinski definition) is 2. The van der Waals surface area contributed by atoms with Gasteiger partial charge in [-0.15, -0.1) is 0 Å². The molecule has 82 valence electrons. The Morgan fingerprint density at radius 2 is 1.67 bits per heavy atom. The van der Waals surface area contributed by atoms with E-state index in [4.69, 9.17) is 0 Å². The Labute approximate surface area is 92.8 Å². The van der Waals surface area contributed by atoms with Gasteiger partial charge in [0, 0.05) is 5.69 Å². The minimum atomic E-state index is -0.506. The van der Waals surface area contributed by atoms with Gasteiger partial charge in [-0.25, -0.2) is 0 Å². The van der Waals surface area contributed by atoms with Gasteiger partial charge in [0.25, 0.3) is 0 Å². The average molecular weight is 205 g/mol. The third-order valence-corrected chi connectivity index (χ3v) is 2.55. The predicted molar refractivity (Wildman–Crippen MR) is 67.5 cm³/mol. The molecule has 0 saturated carbocycles. The number of hydrogen-bond acceptors (Lipinski definition) is 2. The molecule has 0 bridgehead atoms. The van der Waals surface area contributed by atoms with Crippen LogP contribution in [0.2, 0.25) is 6.82 Å². The minimum Gasteiger partial charge on any atom is -0.433 e. The standard InChI is InChI=1S/C12H20BNO/c1-8(2)12-9(3)6-11(7-10(12)4)14-13(5)15/h6-8,14-15H,1-5H3. The molecule has 0 aliphatic heterocycles. The number of aryl methyl sites for hydroxylation is 2. The summed E-state index contributed by atoms with van der Waals surface area (Å²) in [4.78, 5) is 0. The summed E-state index contributed by atoms with van der Waals surface area (Å²) < 4.78 is 0. The smallest absolute Gasteiger partial charge is 0.406 e. The zero-order chi connectivity index (χ0) is 11.6. The average Bonchev–Trinajstić information content (AvgIpc) is 1.99. The SMILES string of the molecule is CB(O)Nc1cc(C)c(C(C)C)c(C)c1. The third kappa shape index (κ3) is 3.00. The molecule has 0 aromatic heterocycles. The van der Waals surface area contributed by atoms with Crippen molar-refractivity contribution in [3.63, 3.8) is 0 Å². The number of benzene rings is 1. The van der Waals surface area contributed by atoms with Gasteiger partial charge in [-0.2, -0.15) is 0 Å². The van der Waals surface area contributed by atoms with E-state index in [-0.39, 0.29) is 0 Å². The van der Waals surface area contributed by atoms with Crippen LogP contribution in [0.25, 0.3) is 0 Å². The lowest BCUT2D eigenvalue weighted by Gasteiger charge is -2.16. The molecule has 0 unspecified atom stereocenters. The lowest BCUT2D eigenvalue weighted by molar-refractivity contribution is 0.587. The van der Waals surface area contributed by atoms with Gasteiger partial charge in [0.2, 0.25) is 0 Å². The van der Waals surface area contributed by atoms with Crippen LogP contribution < -0.4 is 5.23 Å². The third-order valence-electron chi connectivity index (χ3n) is 2.55. The summed E-state index contributed by atoms with van der Waals surface area (Å²) in [5.74, 6) is 0.547. The fraction of sp³-hybridized carbons (Fsp3) is 0.500. The Kier molecular flexibility index (Phi) is 3.80. The summed E-state index contributed by atoms with van der Waals surface area (Å²) >= 11 is 0. The first-order valence-electron chi connectivity index (χ1n) is 5.47. The molecule has 15 heavy (non-hydrogen) atoms. The van der Waals surface area contributed by atoms with Gasteiger partial charge in [0.15, 0.2) is 0 Å². The van der Waals surface area contributed by atoms with Gasteiger partial charge in [0.05, 0.1) is 0 Å². The second-order valence-corrected chi connectivity index (χ2v) is 4.50. The Balaban J connectivity index is 3.08. The molecule has 0 heterocycles. The molecule has 0 atom stereocenters. The Morgan fingerprint density at radius 3 is 2.00 bits per heavy atom. The number of nitrogens with one attached hydrogen (secondary N) is 1. The van der Waals surface area contributed by atoms with Crippen LogP contribution >= 0.6 is 0 Å². The van der Waals surface area contributed by atoms with Crippen molar-refractivity contribution in [1.29, 1.82) is 0 Å². The van der Waals surface area contributed by atoms with Crippen molar-refractivity contribution in [2.45, 2.75) is 40.4 Å². The van der Waals surface area contributed by atoms with Gasteiger partial charge in [-0.1, -0.05) is 13.8 Å².